The molecular weight excluding hydrogens is 302 g/mol. The van der Waals surface area contributed by atoms with Gasteiger partial charge in [0.2, 0.25) is 5.88 Å². The van der Waals surface area contributed by atoms with Crippen LogP contribution in [0, 0.1) is 20.8 Å². The largest absolute Gasteiger partial charge is 0.474 e. The highest BCUT2D eigenvalue weighted by molar-refractivity contribution is 5.94. The van der Waals surface area contributed by atoms with Crippen molar-refractivity contribution in [3.05, 3.63) is 53.0 Å². The Labute approximate surface area is 142 Å². The zero-order valence-electron chi connectivity index (χ0n) is 14.5. The predicted octanol–water partition coefficient (Wildman–Crippen LogP) is 3.09. The summed E-state index contributed by atoms with van der Waals surface area (Å²) >= 11 is 0. The number of carbonyl (C=O) groups is 1. The molecule has 0 unspecified atom stereocenters. The van der Waals surface area contributed by atoms with Crippen LogP contribution in [0.4, 0.5) is 0 Å². The van der Waals surface area contributed by atoms with Crippen LogP contribution in [-0.2, 0) is 0 Å². The van der Waals surface area contributed by atoms with E-state index in [1.165, 1.54) is 5.56 Å². The van der Waals surface area contributed by atoms with Crippen LogP contribution in [0.3, 0.4) is 0 Å². The molecule has 0 radical (unpaired) electrons. The van der Waals surface area contributed by atoms with Gasteiger partial charge in [-0.25, -0.2) is 4.98 Å². The van der Waals surface area contributed by atoms with E-state index >= 15 is 0 Å². The highest BCUT2D eigenvalue weighted by Crippen LogP contribution is 2.19. The van der Waals surface area contributed by atoms with Crippen molar-refractivity contribution in [3.63, 3.8) is 0 Å². The Morgan fingerprint density at radius 1 is 1.12 bits per heavy atom. The maximum Gasteiger partial charge on any atom is 0.253 e. The molecule has 0 atom stereocenters. The Kier molecular flexibility index (Phi) is 4.79. The fraction of sp³-hybridized carbons (Fsp3) is 0.421. The van der Waals surface area contributed by atoms with Gasteiger partial charge in [-0.3, -0.25) is 4.79 Å². The lowest BCUT2D eigenvalue weighted by Crippen LogP contribution is -2.41. The molecule has 126 valence electrons. The second-order valence-electron chi connectivity index (χ2n) is 6.35. The standard InChI is InChI=1S/C19H23N3O2/c1-13-4-5-16(12-14(13)2)19(23)22-10-7-17(8-11-22)24-18-6-9-20-15(3)21-18/h4-6,9,12,17H,7-8,10-11H2,1-3H3. The van der Waals surface area contributed by atoms with E-state index < -0.39 is 0 Å². The first-order chi connectivity index (χ1) is 11.5. The number of piperidine rings is 1. The van der Waals surface area contributed by atoms with Gasteiger partial charge in [-0.1, -0.05) is 6.07 Å². The molecular formula is C19H23N3O2. The van der Waals surface area contributed by atoms with Gasteiger partial charge in [0.1, 0.15) is 11.9 Å². The fourth-order valence-electron chi connectivity index (χ4n) is 2.90. The van der Waals surface area contributed by atoms with Gasteiger partial charge in [0, 0.05) is 43.8 Å². The molecule has 0 N–H and O–H groups in total. The van der Waals surface area contributed by atoms with Gasteiger partial charge in [0.15, 0.2) is 0 Å². The van der Waals surface area contributed by atoms with Gasteiger partial charge < -0.3 is 9.64 Å². The summed E-state index contributed by atoms with van der Waals surface area (Å²) in [6, 6.07) is 7.68. The first kappa shape index (κ1) is 16.4. The van der Waals surface area contributed by atoms with Crippen LogP contribution in [-0.4, -0.2) is 40.0 Å². The molecule has 3 rings (SSSR count). The number of ether oxygens (including phenoxy) is 1. The smallest absolute Gasteiger partial charge is 0.253 e. The van der Waals surface area contributed by atoms with Crippen molar-refractivity contribution in [2.45, 2.75) is 39.7 Å². The van der Waals surface area contributed by atoms with E-state index in [4.69, 9.17) is 4.74 Å². The monoisotopic (exact) mass is 325 g/mol. The van der Waals surface area contributed by atoms with Crippen LogP contribution in [0.25, 0.3) is 0 Å². The average molecular weight is 325 g/mol. The first-order valence-corrected chi connectivity index (χ1v) is 8.36. The molecule has 2 heterocycles. The summed E-state index contributed by atoms with van der Waals surface area (Å²) in [7, 11) is 0. The molecule has 1 fully saturated rings. The van der Waals surface area contributed by atoms with Crippen LogP contribution < -0.4 is 4.74 Å². The SMILES string of the molecule is Cc1nccc(OC2CCN(C(=O)c3ccc(C)c(C)c3)CC2)n1. The highest BCUT2D eigenvalue weighted by Gasteiger charge is 2.25. The quantitative estimate of drug-likeness (QED) is 0.870. The predicted molar refractivity (Wildman–Crippen MR) is 92.2 cm³/mol. The van der Waals surface area contributed by atoms with Crippen molar-refractivity contribution in [2.75, 3.05) is 13.1 Å². The van der Waals surface area contributed by atoms with Gasteiger partial charge >= 0.3 is 0 Å². The second kappa shape index (κ2) is 6.99. The summed E-state index contributed by atoms with van der Waals surface area (Å²) in [6.45, 7) is 7.36. The van der Waals surface area contributed by atoms with Gasteiger partial charge in [-0.05, 0) is 44.0 Å². The minimum Gasteiger partial charge on any atom is -0.474 e. The number of amides is 1. The molecule has 5 nitrogen and oxygen atoms in total. The number of nitrogens with zero attached hydrogens (tertiary/aromatic N) is 3. The van der Waals surface area contributed by atoms with Crippen LogP contribution in [0.2, 0.25) is 0 Å². The number of aromatic nitrogens is 2. The number of hydrogen-bond acceptors (Lipinski definition) is 4. The molecule has 1 aliphatic heterocycles. The van der Waals surface area contributed by atoms with Crippen molar-refractivity contribution in [1.29, 1.82) is 0 Å². The topological polar surface area (TPSA) is 55.3 Å². The zero-order chi connectivity index (χ0) is 17.1. The highest BCUT2D eigenvalue weighted by atomic mass is 16.5. The number of carbonyl (C=O) groups excluding carboxylic acids is 1. The molecule has 2 aromatic rings. The molecule has 0 saturated carbocycles. The first-order valence-electron chi connectivity index (χ1n) is 8.36. The van der Waals surface area contributed by atoms with Gasteiger partial charge in [0.25, 0.3) is 5.91 Å². The Balaban J connectivity index is 1.58. The van der Waals surface area contributed by atoms with Crippen molar-refractivity contribution in [3.8, 4) is 5.88 Å². The Bertz CT molecular complexity index is 737. The third-order valence-electron chi connectivity index (χ3n) is 4.52. The molecule has 1 aromatic heterocycles. The molecule has 0 bridgehead atoms. The normalized spacial score (nSPS) is 15.4. The summed E-state index contributed by atoms with van der Waals surface area (Å²) in [6.07, 6.45) is 3.44. The van der Waals surface area contributed by atoms with Crippen LogP contribution in [0.15, 0.2) is 30.5 Å². The van der Waals surface area contributed by atoms with Crippen molar-refractivity contribution < 1.29 is 9.53 Å². The summed E-state index contributed by atoms with van der Waals surface area (Å²) in [5, 5.41) is 0. The van der Waals surface area contributed by atoms with E-state index in [9.17, 15) is 4.79 Å². The molecule has 1 amide bonds. The second-order valence-corrected chi connectivity index (χ2v) is 6.35. The molecule has 24 heavy (non-hydrogen) atoms. The number of benzene rings is 1. The number of rotatable bonds is 3. The third-order valence-corrected chi connectivity index (χ3v) is 4.52. The molecule has 0 spiro atoms. The third kappa shape index (κ3) is 3.72. The maximum atomic E-state index is 12.6. The number of aryl methyl sites for hydroxylation is 3. The van der Waals surface area contributed by atoms with Gasteiger partial charge in [-0.15, -0.1) is 0 Å². The summed E-state index contributed by atoms with van der Waals surface area (Å²) in [5.41, 5.74) is 3.13. The number of likely N-dealkylation sites (tertiary alicyclic amines) is 1. The minimum absolute atomic E-state index is 0.100. The molecule has 5 heteroatoms. The van der Waals surface area contributed by atoms with Crippen molar-refractivity contribution in [1.82, 2.24) is 14.9 Å². The molecule has 1 aromatic carbocycles. The Hall–Kier alpha value is -2.43. The molecule has 1 saturated heterocycles. The fourth-order valence-corrected chi connectivity index (χ4v) is 2.90. The van der Waals surface area contributed by atoms with Crippen LogP contribution in [0.1, 0.15) is 40.2 Å². The summed E-state index contributed by atoms with van der Waals surface area (Å²) in [4.78, 5) is 22.9. The molecule has 1 aliphatic rings. The van der Waals surface area contributed by atoms with Crippen molar-refractivity contribution >= 4 is 5.91 Å². The van der Waals surface area contributed by atoms with Crippen LogP contribution in [0.5, 0.6) is 5.88 Å². The Morgan fingerprint density at radius 3 is 2.54 bits per heavy atom. The van der Waals surface area contributed by atoms with Crippen LogP contribution >= 0.6 is 0 Å². The lowest BCUT2D eigenvalue weighted by molar-refractivity contribution is 0.0587. The van der Waals surface area contributed by atoms with E-state index in [1.54, 1.807) is 12.3 Å². The molecule has 0 aliphatic carbocycles. The van der Waals surface area contributed by atoms with E-state index in [0.29, 0.717) is 24.8 Å². The van der Waals surface area contributed by atoms with E-state index in [2.05, 4.69) is 16.9 Å². The minimum atomic E-state index is 0.100. The van der Waals surface area contributed by atoms with Crippen molar-refractivity contribution in [2.24, 2.45) is 0 Å². The lowest BCUT2D eigenvalue weighted by Gasteiger charge is -2.32. The Morgan fingerprint density at radius 2 is 1.88 bits per heavy atom. The summed E-state index contributed by atoms with van der Waals surface area (Å²) in [5.74, 6) is 1.42. The zero-order valence-corrected chi connectivity index (χ0v) is 14.5. The van der Waals surface area contributed by atoms with E-state index in [-0.39, 0.29) is 12.0 Å². The average Bonchev–Trinajstić information content (AvgIpc) is 2.57. The van der Waals surface area contributed by atoms with E-state index in [0.717, 1.165) is 24.0 Å². The maximum absolute atomic E-state index is 12.6. The van der Waals surface area contributed by atoms with Gasteiger partial charge in [-0.2, -0.15) is 4.98 Å². The summed E-state index contributed by atoms with van der Waals surface area (Å²) < 4.78 is 5.92. The van der Waals surface area contributed by atoms with E-state index in [1.807, 2.05) is 36.9 Å². The lowest BCUT2D eigenvalue weighted by atomic mass is 10.0. The van der Waals surface area contributed by atoms with Gasteiger partial charge in [0.05, 0.1) is 0 Å². The number of hydrogen-bond donors (Lipinski definition) is 0.